The average molecular weight is 193 g/mol. The van der Waals surface area contributed by atoms with Crippen LogP contribution >= 0.6 is 0 Å². The number of carbonyl (C=O) groups excluding carboxylic acids is 1. The largest absolute Gasteiger partial charge is 0.444 e. The van der Waals surface area contributed by atoms with Gasteiger partial charge in [-0.05, 0) is 6.42 Å². The van der Waals surface area contributed by atoms with E-state index in [1.807, 2.05) is 0 Å². The van der Waals surface area contributed by atoms with E-state index in [0.717, 1.165) is 0 Å². The van der Waals surface area contributed by atoms with Crippen LogP contribution in [0.15, 0.2) is 0 Å². The van der Waals surface area contributed by atoms with E-state index >= 15 is 0 Å². The van der Waals surface area contributed by atoms with Gasteiger partial charge in [-0.3, -0.25) is 10.5 Å². The van der Waals surface area contributed by atoms with E-state index in [4.69, 9.17) is 5.73 Å². The smallest absolute Gasteiger partial charge is 0.304 e. The number of hydrogen-bond donors (Lipinski definition) is 1. The van der Waals surface area contributed by atoms with Crippen molar-refractivity contribution < 1.29 is 18.3 Å². The molecule has 0 radical (unpaired) electrons. The van der Waals surface area contributed by atoms with Gasteiger partial charge in [-0.1, -0.05) is 0 Å². The molecule has 1 rings (SSSR count). The number of carbonyl (C=O) groups is 1. The van der Waals surface area contributed by atoms with Crippen molar-refractivity contribution in [2.45, 2.75) is 44.3 Å². The van der Waals surface area contributed by atoms with Gasteiger partial charge in [0.1, 0.15) is 0 Å². The van der Waals surface area contributed by atoms with Crippen molar-refractivity contribution in [3.63, 3.8) is 0 Å². The number of halogens is 2. The van der Waals surface area contributed by atoms with Crippen LogP contribution in [0.4, 0.5) is 8.78 Å². The van der Waals surface area contributed by atoms with Crippen LogP contribution in [0.2, 0.25) is 0 Å². The van der Waals surface area contributed by atoms with E-state index in [0.29, 0.717) is 6.42 Å². The third-order valence-corrected chi connectivity index (χ3v) is 2.05. The van der Waals surface area contributed by atoms with Crippen LogP contribution in [-0.4, -0.2) is 17.6 Å². The predicted molar refractivity (Wildman–Crippen MR) is 42.1 cm³/mol. The molecule has 1 fully saturated rings. The topological polar surface area (TPSA) is 52.3 Å². The van der Waals surface area contributed by atoms with Crippen LogP contribution in [-0.2, 0) is 9.53 Å². The Balaban J connectivity index is 2.63. The first-order valence-electron chi connectivity index (χ1n) is 4.19. The maximum atomic E-state index is 12.9. The Kier molecular flexibility index (Phi) is 2.56. The highest BCUT2D eigenvalue weighted by Gasteiger charge is 2.45. The number of ether oxygens (including phenoxy) is 1. The fourth-order valence-corrected chi connectivity index (χ4v) is 1.63. The molecule has 0 bridgehead atoms. The monoisotopic (exact) mass is 193 g/mol. The molecule has 3 nitrogen and oxygen atoms in total. The van der Waals surface area contributed by atoms with Crippen molar-refractivity contribution in [3.05, 3.63) is 0 Å². The van der Waals surface area contributed by atoms with Crippen LogP contribution in [0.25, 0.3) is 0 Å². The van der Waals surface area contributed by atoms with Crippen molar-refractivity contribution in [1.82, 2.24) is 0 Å². The lowest BCUT2D eigenvalue weighted by atomic mass is 9.89. The Morgan fingerprint density at radius 3 is 2.54 bits per heavy atom. The van der Waals surface area contributed by atoms with Crippen LogP contribution in [0.3, 0.4) is 0 Å². The first-order valence-corrected chi connectivity index (χ1v) is 4.19. The van der Waals surface area contributed by atoms with Crippen LogP contribution in [0.1, 0.15) is 32.6 Å². The lowest BCUT2D eigenvalue weighted by molar-refractivity contribution is -0.176. The zero-order chi connectivity index (χ0) is 10.1. The molecule has 1 atom stereocenters. The third-order valence-electron chi connectivity index (χ3n) is 2.05. The van der Waals surface area contributed by atoms with E-state index in [1.54, 1.807) is 0 Å². The predicted octanol–water partition coefficient (Wildman–Crippen LogP) is 1.41. The Morgan fingerprint density at radius 2 is 2.08 bits per heavy atom. The van der Waals surface area contributed by atoms with Gasteiger partial charge in [0, 0.05) is 19.8 Å². The second-order valence-corrected chi connectivity index (χ2v) is 3.54. The molecule has 0 spiro atoms. The van der Waals surface area contributed by atoms with Crippen molar-refractivity contribution in [2.24, 2.45) is 5.73 Å². The molecule has 76 valence electrons. The van der Waals surface area contributed by atoms with Crippen molar-refractivity contribution in [1.29, 1.82) is 0 Å². The van der Waals surface area contributed by atoms with E-state index in [-0.39, 0.29) is 12.8 Å². The van der Waals surface area contributed by atoms with Gasteiger partial charge in [0.2, 0.25) is 0 Å². The minimum Gasteiger partial charge on any atom is -0.444 e. The SMILES string of the molecule is CC(=O)O[C@@]1(N)CCCC(F)(F)C1. The van der Waals surface area contributed by atoms with E-state index in [1.165, 1.54) is 6.92 Å². The molecule has 0 aromatic heterocycles. The lowest BCUT2D eigenvalue weighted by Crippen LogP contribution is -2.51. The highest BCUT2D eigenvalue weighted by molar-refractivity contribution is 5.66. The second-order valence-electron chi connectivity index (χ2n) is 3.54. The average Bonchev–Trinajstić information content (AvgIpc) is 1.79. The summed E-state index contributed by atoms with van der Waals surface area (Å²) in [5, 5.41) is 0. The summed E-state index contributed by atoms with van der Waals surface area (Å²) in [5.74, 6) is -3.41. The molecule has 0 amide bonds. The number of rotatable bonds is 1. The molecule has 0 saturated heterocycles. The zero-order valence-corrected chi connectivity index (χ0v) is 7.48. The zero-order valence-electron chi connectivity index (χ0n) is 7.48. The van der Waals surface area contributed by atoms with Gasteiger partial charge >= 0.3 is 5.97 Å². The van der Waals surface area contributed by atoms with Gasteiger partial charge in [0.15, 0.2) is 5.72 Å². The van der Waals surface area contributed by atoms with E-state index in [2.05, 4.69) is 4.74 Å². The fraction of sp³-hybridized carbons (Fsp3) is 0.875. The highest BCUT2D eigenvalue weighted by atomic mass is 19.3. The Morgan fingerprint density at radius 1 is 1.46 bits per heavy atom. The minimum absolute atomic E-state index is 0.173. The summed E-state index contributed by atoms with van der Waals surface area (Å²) in [4.78, 5) is 10.6. The summed E-state index contributed by atoms with van der Waals surface area (Å²) in [6, 6.07) is 0. The number of alkyl halides is 2. The maximum absolute atomic E-state index is 12.9. The first-order chi connectivity index (χ1) is 5.83. The molecule has 2 N–H and O–H groups in total. The molecule has 13 heavy (non-hydrogen) atoms. The molecule has 5 heteroatoms. The van der Waals surface area contributed by atoms with Gasteiger partial charge in [0.25, 0.3) is 5.92 Å². The number of nitrogens with two attached hydrogens (primary N) is 1. The normalized spacial score (nSPS) is 32.6. The molecule has 1 aliphatic carbocycles. The highest BCUT2D eigenvalue weighted by Crippen LogP contribution is 2.38. The lowest BCUT2D eigenvalue weighted by Gasteiger charge is -2.36. The molecule has 0 aliphatic heterocycles. The number of esters is 1. The summed E-state index contributed by atoms with van der Waals surface area (Å²) in [7, 11) is 0. The minimum atomic E-state index is -2.80. The quantitative estimate of drug-likeness (QED) is 0.506. The summed E-state index contributed by atoms with van der Waals surface area (Å²) < 4.78 is 30.4. The molecular formula is C8H13F2NO2. The molecule has 0 heterocycles. The standard InChI is InChI=1S/C8H13F2NO2/c1-6(12)13-8(11)4-2-3-7(9,10)5-8/h2-5,11H2,1H3/t8-/m0/s1. The van der Waals surface area contributed by atoms with Crippen LogP contribution in [0, 0.1) is 0 Å². The Labute approximate surface area is 75.2 Å². The van der Waals surface area contributed by atoms with Gasteiger partial charge in [-0.25, -0.2) is 8.78 Å². The third kappa shape index (κ3) is 2.91. The summed E-state index contributed by atoms with van der Waals surface area (Å²) in [6.45, 7) is 1.17. The van der Waals surface area contributed by atoms with Gasteiger partial charge < -0.3 is 4.74 Å². The Bertz CT molecular complexity index is 220. The Hall–Kier alpha value is -0.710. The van der Waals surface area contributed by atoms with Gasteiger partial charge in [-0.15, -0.1) is 0 Å². The van der Waals surface area contributed by atoms with E-state index < -0.39 is 24.0 Å². The van der Waals surface area contributed by atoms with Crippen LogP contribution < -0.4 is 5.73 Å². The maximum Gasteiger partial charge on any atom is 0.304 e. The van der Waals surface area contributed by atoms with Gasteiger partial charge in [-0.2, -0.15) is 0 Å². The summed E-state index contributed by atoms with van der Waals surface area (Å²) in [5.41, 5.74) is 4.05. The van der Waals surface area contributed by atoms with Crippen molar-refractivity contribution in [2.75, 3.05) is 0 Å². The molecular weight excluding hydrogens is 180 g/mol. The van der Waals surface area contributed by atoms with Crippen LogP contribution in [0.5, 0.6) is 0 Å². The first kappa shape index (κ1) is 10.4. The molecule has 0 aromatic carbocycles. The van der Waals surface area contributed by atoms with E-state index in [9.17, 15) is 13.6 Å². The second kappa shape index (κ2) is 3.21. The number of hydrogen-bond acceptors (Lipinski definition) is 3. The summed E-state index contributed by atoms with van der Waals surface area (Å²) >= 11 is 0. The van der Waals surface area contributed by atoms with Crippen molar-refractivity contribution >= 4 is 5.97 Å². The van der Waals surface area contributed by atoms with Gasteiger partial charge in [0.05, 0.1) is 6.42 Å². The molecule has 1 aliphatic rings. The molecule has 1 saturated carbocycles. The molecule has 0 aromatic rings. The van der Waals surface area contributed by atoms with Crippen molar-refractivity contribution in [3.8, 4) is 0 Å². The summed E-state index contributed by atoms with van der Waals surface area (Å²) in [6.07, 6.45) is -0.147. The fourth-order valence-electron chi connectivity index (χ4n) is 1.63. The molecule has 0 unspecified atom stereocenters.